The maximum absolute atomic E-state index is 14.2. The number of esters is 2. The molecule has 1 aromatic carbocycles. The van der Waals surface area contributed by atoms with Crippen molar-refractivity contribution in [3.8, 4) is 0 Å². The zero-order chi connectivity index (χ0) is 43.4. The van der Waals surface area contributed by atoms with Gasteiger partial charge < -0.3 is 14.8 Å². The second-order valence-electron chi connectivity index (χ2n) is 23.1. The molecule has 0 spiro atoms. The van der Waals surface area contributed by atoms with E-state index in [1.807, 2.05) is 45.0 Å². The van der Waals surface area contributed by atoms with E-state index in [1.165, 1.54) is 5.57 Å². The molecule has 0 aromatic heterocycles. The number of halogens is 1. The van der Waals surface area contributed by atoms with E-state index < -0.39 is 22.0 Å². The number of amides is 1. The van der Waals surface area contributed by atoms with Crippen molar-refractivity contribution >= 4 is 35.2 Å². The van der Waals surface area contributed by atoms with E-state index in [0.29, 0.717) is 23.3 Å². The molecule has 0 unspecified atom stereocenters. The van der Waals surface area contributed by atoms with Gasteiger partial charge >= 0.3 is 11.9 Å². The molecule has 8 atom stereocenters. The lowest BCUT2D eigenvalue weighted by Gasteiger charge is -2.72. The van der Waals surface area contributed by atoms with Crippen molar-refractivity contribution < 1.29 is 28.7 Å². The number of fused-ring (bicyclic) bond motifs is 7. The molecule has 1 N–H and O–H groups in total. The van der Waals surface area contributed by atoms with Crippen LogP contribution in [0.25, 0.3) is 0 Å². The summed E-state index contributed by atoms with van der Waals surface area (Å²) in [4.78, 5) is 54.4. The molecule has 6 aliphatic rings. The summed E-state index contributed by atoms with van der Waals surface area (Å²) in [6.07, 6.45) is 13.7. The summed E-state index contributed by atoms with van der Waals surface area (Å²) >= 11 is 6.59. The first-order chi connectivity index (χ1) is 27.3. The number of ketones is 1. The van der Waals surface area contributed by atoms with Gasteiger partial charge in [0.25, 0.3) is 0 Å². The van der Waals surface area contributed by atoms with Crippen molar-refractivity contribution in [1.29, 1.82) is 0 Å². The van der Waals surface area contributed by atoms with Crippen molar-refractivity contribution in [2.24, 2.45) is 56.2 Å². The molecule has 5 fully saturated rings. The van der Waals surface area contributed by atoms with E-state index >= 15 is 0 Å². The van der Waals surface area contributed by atoms with Crippen molar-refractivity contribution in [3.05, 3.63) is 58.1 Å². The van der Waals surface area contributed by atoms with Gasteiger partial charge in [-0.15, -0.1) is 0 Å². The second-order valence-corrected chi connectivity index (χ2v) is 23.5. The summed E-state index contributed by atoms with van der Waals surface area (Å²) in [5.74, 6) is 0.674. The van der Waals surface area contributed by atoms with Crippen LogP contribution in [0.3, 0.4) is 0 Å². The Morgan fingerprint density at radius 1 is 0.864 bits per heavy atom. The van der Waals surface area contributed by atoms with Crippen LogP contribution < -0.4 is 5.32 Å². The zero-order valence-electron chi connectivity index (χ0n) is 38.2. The van der Waals surface area contributed by atoms with E-state index in [9.17, 15) is 19.2 Å². The average molecular weight is 831 g/mol. The molecule has 0 saturated heterocycles. The summed E-state index contributed by atoms with van der Waals surface area (Å²) in [7, 11) is 0. The topological polar surface area (TPSA) is 98.8 Å². The fourth-order valence-corrected chi connectivity index (χ4v) is 14.4. The smallest absolute Gasteiger partial charge is 0.312 e. The number of hydrogen-bond donors (Lipinski definition) is 1. The molecule has 1 aromatic rings. The Labute approximate surface area is 359 Å². The number of Topliss-reactive ketones (excluding diaryl/α,β-unsaturated/α-hetero) is 1. The molecule has 7 rings (SSSR count). The largest absolute Gasteiger partial charge is 0.462 e. The minimum Gasteiger partial charge on any atom is -0.462 e. The van der Waals surface area contributed by atoms with Crippen LogP contribution in [0.2, 0.25) is 5.02 Å². The van der Waals surface area contributed by atoms with Gasteiger partial charge in [0.1, 0.15) is 11.7 Å². The maximum Gasteiger partial charge on any atom is 0.312 e. The third-order valence-corrected chi connectivity index (χ3v) is 17.6. The van der Waals surface area contributed by atoms with Gasteiger partial charge in [0.2, 0.25) is 5.91 Å². The summed E-state index contributed by atoms with van der Waals surface area (Å²) in [5, 5.41) is 3.98. The highest BCUT2D eigenvalue weighted by molar-refractivity contribution is 6.31. The zero-order valence-corrected chi connectivity index (χ0v) is 38.9. The van der Waals surface area contributed by atoms with E-state index in [4.69, 9.17) is 21.1 Å². The van der Waals surface area contributed by atoms with Gasteiger partial charge in [-0.2, -0.15) is 0 Å². The maximum atomic E-state index is 14.2. The van der Waals surface area contributed by atoms with Crippen molar-refractivity contribution in [2.45, 2.75) is 177 Å². The van der Waals surface area contributed by atoms with E-state index in [-0.39, 0.29) is 69.6 Å². The number of hydrogen-bond acceptors (Lipinski definition) is 6. The number of ether oxygens (including phenoxy) is 2. The Morgan fingerprint density at radius 3 is 2.17 bits per heavy atom. The van der Waals surface area contributed by atoms with Gasteiger partial charge in [-0.1, -0.05) is 84.3 Å². The lowest BCUT2D eigenvalue weighted by molar-refractivity contribution is -0.232. The van der Waals surface area contributed by atoms with Crippen LogP contribution in [0.15, 0.2) is 47.6 Å². The molecule has 5 saturated carbocycles. The lowest BCUT2D eigenvalue weighted by Crippen LogP contribution is -2.65. The van der Waals surface area contributed by atoms with Gasteiger partial charge in [0, 0.05) is 22.3 Å². The molecule has 0 aliphatic heterocycles. The highest BCUT2D eigenvalue weighted by atomic mass is 35.5. The van der Waals surface area contributed by atoms with Crippen molar-refractivity contribution in [3.63, 3.8) is 0 Å². The standard InChI is InChI=1S/C51H72ClNO6/c1-31(2)41-35(54)29-50(24-21-39(55)53-51(27-28-51)32-15-13-14-16-34(32)52)26-25-48(11)33(42(41)50)17-18-37-47(10)22-20-38(46(8,9)36(47)19-23-49(37,48)12)58-40(56)30-45(6,7)43(57)59-44(3,4)5/h13-16,21,24,31,33,36-38H,17-20,22-23,25-30H2,1-12H3,(H,53,55)/t33-,36+,37-,38+,47+,48-,49-,50+/m1/s1. The van der Waals surface area contributed by atoms with Gasteiger partial charge in [-0.25, -0.2) is 0 Å². The third kappa shape index (κ3) is 7.27. The number of benzene rings is 1. The Bertz CT molecular complexity index is 1960. The molecule has 1 amide bonds. The average Bonchev–Trinajstić information content (AvgIpc) is 3.82. The molecule has 59 heavy (non-hydrogen) atoms. The van der Waals surface area contributed by atoms with E-state index in [2.05, 4.69) is 59.9 Å². The minimum atomic E-state index is -0.983. The molecular weight excluding hydrogens is 758 g/mol. The quantitative estimate of drug-likeness (QED) is 0.197. The summed E-state index contributed by atoms with van der Waals surface area (Å²) in [5.41, 5.74) is 0.723. The van der Waals surface area contributed by atoms with Crippen LogP contribution in [-0.2, 0) is 34.2 Å². The summed E-state index contributed by atoms with van der Waals surface area (Å²) in [6, 6.07) is 7.78. The Balaban J connectivity index is 1.11. The first kappa shape index (κ1) is 44.1. The number of carbonyl (C=O) groups excluding carboxylic acids is 4. The molecule has 0 radical (unpaired) electrons. The molecular formula is C51H72ClNO6. The number of allylic oxidation sites excluding steroid dienone is 3. The fraction of sp³-hybridized carbons (Fsp3) is 0.725. The van der Waals surface area contributed by atoms with E-state index in [0.717, 1.165) is 75.3 Å². The van der Waals surface area contributed by atoms with Gasteiger partial charge in [0.05, 0.1) is 17.4 Å². The number of nitrogens with one attached hydrogen (secondary N) is 1. The first-order valence-electron chi connectivity index (χ1n) is 22.7. The SMILES string of the molecule is CC(C)C1=C2[C@H]3CC[C@@H]4[C@@]5(C)CC[C@H](OC(=O)CC(C)(C)C(=O)OC(C)(C)C)C(C)(C)[C@@H]5CC[C@@]4(C)[C@]3(C)CC[C@@]2(C=CC(=O)NC2(c3ccccc3Cl)CC2)CC1=O. The molecule has 7 nitrogen and oxygen atoms in total. The molecule has 324 valence electrons. The van der Waals surface area contributed by atoms with Crippen LogP contribution in [0.4, 0.5) is 0 Å². The predicted octanol–water partition coefficient (Wildman–Crippen LogP) is 11.7. The number of carbonyl (C=O) groups is 4. The molecule has 8 heteroatoms. The molecule has 6 aliphatic carbocycles. The minimum absolute atomic E-state index is 0.00752. The predicted molar refractivity (Wildman–Crippen MR) is 233 cm³/mol. The first-order valence-corrected chi connectivity index (χ1v) is 23.1. The highest BCUT2D eigenvalue weighted by Crippen LogP contribution is 2.77. The Kier molecular flexibility index (Phi) is 10.9. The fourth-order valence-electron chi connectivity index (χ4n) is 14.0. The van der Waals surface area contributed by atoms with Gasteiger partial charge in [-0.05, 0) is 168 Å². The van der Waals surface area contributed by atoms with Crippen LogP contribution in [0.5, 0.6) is 0 Å². The van der Waals surface area contributed by atoms with Crippen molar-refractivity contribution in [1.82, 2.24) is 5.32 Å². The van der Waals surface area contributed by atoms with Crippen LogP contribution in [0.1, 0.15) is 166 Å². The van der Waals surface area contributed by atoms with Crippen LogP contribution in [-0.4, -0.2) is 35.3 Å². The van der Waals surface area contributed by atoms with Gasteiger partial charge in [-0.3, -0.25) is 19.2 Å². The number of rotatable bonds is 9. The molecule has 0 bridgehead atoms. The Morgan fingerprint density at radius 2 is 1.54 bits per heavy atom. The van der Waals surface area contributed by atoms with Crippen LogP contribution >= 0.6 is 11.6 Å². The molecule has 0 heterocycles. The Hall–Kier alpha value is -2.93. The highest BCUT2D eigenvalue weighted by Gasteiger charge is 2.70. The second kappa shape index (κ2) is 14.6. The van der Waals surface area contributed by atoms with Gasteiger partial charge in [0.15, 0.2) is 5.78 Å². The lowest BCUT2D eigenvalue weighted by atomic mass is 9.33. The van der Waals surface area contributed by atoms with Crippen LogP contribution in [0, 0.1) is 56.2 Å². The summed E-state index contributed by atoms with van der Waals surface area (Å²) < 4.78 is 12.0. The normalized spacial score (nSPS) is 36.0. The summed E-state index contributed by atoms with van der Waals surface area (Å²) in [6.45, 7) is 25.7. The van der Waals surface area contributed by atoms with E-state index in [1.54, 1.807) is 19.9 Å². The third-order valence-electron chi connectivity index (χ3n) is 17.3. The monoisotopic (exact) mass is 830 g/mol. The van der Waals surface area contributed by atoms with Crippen molar-refractivity contribution in [2.75, 3.05) is 0 Å².